The van der Waals surface area contributed by atoms with Crippen LogP contribution in [0.15, 0.2) is 29.3 Å². The number of carbonyl (C=O) groups excluding carboxylic acids is 2. The Balaban J connectivity index is 2.11. The van der Waals surface area contributed by atoms with E-state index < -0.39 is 5.54 Å². The SMILES string of the molecule is CC(=O)NCc1cccc(CN2C(=O)C(C)(CC(C)C)N=C2N)c1. The molecule has 2 rings (SSSR count). The minimum Gasteiger partial charge on any atom is -0.369 e. The fraction of sp³-hybridized carbons (Fsp3) is 0.500. The number of nitrogens with zero attached hydrogens (tertiary/aromatic N) is 2. The van der Waals surface area contributed by atoms with E-state index in [0.29, 0.717) is 25.4 Å². The first-order valence-electron chi connectivity index (χ1n) is 8.21. The lowest BCUT2D eigenvalue weighted by molar-refractivity contribution is -0.131. The Morgan fingerprint density at radius 2 is 2.04 bits per heavy atom. The Hall–Kier alpha value is -2.37. The molecular formula is C18H26N4O2. The van der Waals surface area contributed by atoms with E-state index in [1.54, 1.807) is 4.90 Å². The van der Waals surface area contributed by atoms with E-state index >= 15 is 0 Å². The van der Waals surface area contributed by atoms with Crippen LogP contribution in [0, 0.1) is 5.92 Å². The van der Waals surface area contributed by atoms with Gasteiger partial charge in [-0.15, -0.1) is 0 Å². The van der Waals surface area contributed by atoms with Gasteiger partial charge in [-0.2, -0.15) is 0 Å². The number of benzene rings is 1. The van der Waals surface area contributed by atoms with E-state index in [9.17, 15) is 9.59 Å². The van der Waals surface area contributed by atoms with Gasteiger partial charge in [0.15, 0.2) is 5.96 Å². The molecule has 6 heteroatoms. The topological polar surface area (TPSA) is 87.8 Å². The Morgan fingerprint density at radius 1 is 1.38 bits per heavy atom. The molecule has 2 amide bonds. The Labute approximate surface area is 143 Å². The first-order chi connectivity index (χ1) is 11.2. The maximum absolute atomic E-state index is 12.8. The number of amides is 2. The van der Waals surface area contributed by atoms with Crippen molar-refractivity contribution in [1.82, 2.24) is 10.2 Å². The van der Waals surface area contributed by atoms with Crippen molar-refractivity contribution in [2.75, 3.05) is 0 Å². The van der Waals surface area contributed by atoms with Gasteiger partial charge in [0.2, 0.25) is 5.91 Å². The van der Waals surface area contributed by atoms with Crippen LogP contribution < -0.4 is 11.1 Å². The molecule has 0 saturated carbocycles. The van der Waals surface area contributed by atoms with Crippen LogP contribution in [0.1, 0.15) is 45.2 Å². The third-order valence-corrected chi connectivity index (χ3v) is 4.02. The second kappa shape index (κ2) is 7.03. The molecule has 0 radical (unpaired) electrons. The highest BCUT2D eigenvalue weighted by molar-refractivity contribution is 6.06. The monoisotopic (exact) mass is 330 g/mol. The molecule has 0 bridgehead atoms. The molecule has 1 unspecified atom stereocenters. The summed E-state index contributed by atoms with van der Waals surface area (Å²) in [6.45, 7) is 8.31. The van der Waals surface area contributed by atoms with Gasteiger partial charge in [-0.05, 0) is 30.4 Å². The predicted octanol–water partition coefficient (Wildman–Crippen LogP) is 1.78. The molecule has 1 atom stereocenters. The summed E-state index contributed by atoms with van der Waals surface area (Å²) in [5.74, 6) is 0.503. The van der Waals surface area contributed by atoms with E-state index in [2.05, 4.69) is 24.2 Å². The summed E-state index contributed by atoms with van der Waals surface area (Å²) in [7, 11) is 0. The van der Waals surface area contributed by atoms with E-state index in [1.165, 1.54) is 6.92 Å². The van der Waals surface area contributed by atoms with Gasteiger partial charge >= 0.3 is 0 Å². The molecule has 1 aliphatic rings. The average Bonchev–Trinajstić information content (AvgIpc) is 2.68. The van der Waals surface area contributed by atoms with Gasteiger partial charge < -0.3 is 11.1 Å². The van der Waals surface area contributed by atoms with Gasteiger partial charge in [-0.1, -0.05) is 38.1 Å². The van der Waals surface area contributed by atoms with Gasteiger partial charge in [0, 0.05) is 13.5 Å². The van der Waals surface area contributed by atoms with Crippen LogP contribution in [0.25, 0.3) is 0 Å². The van der Waals surface area contributed by atoms with Crippen LogP contribution >= 0.6 is 0 Å². The smallest absolute Gasteiger partial charge is 0.257 e. The van der Waals surface area contributed by atoms with Crippen molar-refractivity contribution in [3.8, 4) is 0 Å². The van der Waals surface area contributed by atoms with Crippen molar-refractivity contribution in [3.05, 3.63) is 35.4 Å². The molecule has 24 heavy (non-hydrogen) atoms. The number of guanidine groups is 1. The van der Waals surface area contributed by atoms with Gasteiger partial charge in [0.25, 0.3) is 5.91 Å². The van der Waals surface area contributed by atoms with Crippen LogP contribution in [0.4, 0.5) is 0 Å². The molecule has 0 fully saturated rings. The highest BCUT2D eigenvalue weighted by Crippen LogP contribution is 2.29. The van der Waals surface area contributed by atoms with Crippen LogP contribution in [-0.4, -0.2) is 28.2 Å². The number of hydrogen-bond acceptors (Lipinski definition) is 4. The summed E-state index contributed by atoms with van der Waals surface area (Å²) in [4.78, 5) is 29.7. The van der Waals surface area contributed by atoms with E-state index in [4.69, 9.17) is 5.73 Å². The molecule has 1 aliphatic heterocycles. The maximum atomic E-state index is 12.8. The first-order valence-corrected chi connectivity index (χ1v) is 8.21. The summed E-state index contributed by atoms with van der Waals surface area (Å²) >= 11 is 0. The van der Waals surface area contributed by atoms with E-state index in [-0.39, 0.29) is 17.8 Å². The summed E-state index contributed by atoms with van der Waals surface area (Å²) in [5.41, 5.74) is 7.17. The molecule has 1 aromatic carbocycles. The lowest BCUT2D eigenvalue weighted by Gasteiger charge is -2.23. The van der Waals surface area contributed by atoms with Crippen molar-refractivity contribution in [1.29, 1.82) is 0 Å². The van der Waals surface area contributed by atoms with Crippen molar-refractivity contribution in [2.45, 2.75) is 52.7 Å². The summed E-state index contributed by atoms with van der Waals surface area (Å²) < 4.78 is 0. The molecule has 0 spiro atoms. The van der Waals surface area contributed by atoms with E-state index in [0.717, 1.165) is 11.1 Å². The molecule has 0 aromatic heterocycles. The van der Waals surface area contributed by atoms with Crippen LogP contribution in [-0.2, 0) is 22.7 Å². The standard InChI is InChI=1S/C18H26N4O2/c1-12(2)9-18(4)16(24)22(17(19)21-18)11-15-7-5-6-14(8-15)10-20-13(3)23/h5-8,12H,9-11H2,1-4H3,(H2,19,21)(H,20,23). The zero-order chi connectivity index (χ0) is 17.9. The van der Waals surface area contributed by atoms with E-state index in [1.807, 2.05) is 31.2 Å². The molecule has 0 saturated heterocycles. The van der Waals surface area contributed by atoms with Crippen molar-refractivity contribution in [3.63, 3.8) is 0 Å². The lowest BCUT2D eigenvalue weighted by Crippen LogP contribution is -2.43. The fourth-order valence-electron chi connectivity index (χ4n) is 3.08. The quantitative estimate of drug-likeness (QED) is 0.833. The number of carbonyl (C=O) groups is 2. The molecule has 1 heterocycles. The highest BCUT2D eigenvalue weighted by Gasteiger charge is 2.43. The number of rotatable bonds is 6. The van der Waals surface area contributed by atoms with Crippen LogP contribution in [0.3, 0.4) is 0 Å². The summed E-state index contributed by atoms with van der Waals surface area (Å²) in [6.07, 6.45) is 0.672. The average molecular weight is 330 g/mol. The Morgan fingerprint density at radius 3 is 2.67 bits per heavy atom. The number of nitrogens with one attached hydrogen (secondary N) is 1. The molecule has 6 nitrogen and oxygen atoms in total. The van der Waals surface area contributed by atoms with Crippen molar-refractivity contribution in [2.24, 2.45) is 16.6 Å². The minimum absolute atomic E-state index is 0.0547. The third kappa shape index (κ3) is 4.13. The first kappa shape index (κ1) is 18.0. The van der Waals surface area contributed by atoms with Gasteiger partial charge in [0.1, 0.15) is 5.54 Å². The summed E-state index contributed by atoms with van der Waals surface area (Å²) in [6, 6.07) is 7.75. The number of hydrogen-bond donors (Lipinski definition) is 2. The zero-order valence-electron chi connectivity index (χ0n) is 14.8. The zero-order valence-corrected chi connectivity index (χ0v) is 14.8. The van der Waals surface area contributed by atoms with Gasteiger partial charge in [-0.25, -0.2) is 4.99 Å². The maximum Gasteiger partial charge on any atom is 0.257 e. The normalized spacial score (nSPS) is 20.5. The molecule has 0 aliphatic carbocycles. The lowest BCUT2D eigenvalue weighted by atomic mass is 9.91. The highest BCUT2D eigenvalue weighted by atomic mass is 16.2. The van der Waals surface area contributed by atoms with Crippen LogP contribution in [0.5, 0.6) is 0 Å². The molecule has 1 aromatic rings. The molecule has 3 N–H and O–H groups in total. The van der Waals surface area contributed by atoms with Crippen LogP contribution in [0.2, 0.25) is 0 Å². The number of aliphatic imine (C=N–C) groups is 1. The molecular weight excluding hydrogens is 304 g/mol. The number of nitrogens with two attached hydrogens (primary N) is 1. The second-order valence-electron chi connectivity index (χ2n) is 6.96. The van der Waals surface area contributed by atoms with Crippen molar-refractivity contribution >= 4 is 17.8 Å². The Bertz CT molecular complexity index is 669. The minimum atomic E-state index is -0.772. The largest absolute Gasteiger partial charge is 0.369 e. The molecule has 130 valence electrons. The third-order valence-electron chi connectivity index (χ3n) is 4.02. The Kier molecular flexibility index (Phi) is 5.26. The predicted molar refractivity (Wildman–Crippen MR) is 94.0 cm³/mol. The van der Waals surface area contributed by atoms with Gasteiger partial charge in [0.05, 0.1) is 6.54 Å². The van der Waals surface area contributed by atoms with Gasteiger partial charge in [-0.3, -0.25) is 14.5 Å². The second-order valence-corrected chi connectivity index (χ2v) is 6.96. The van der Waals surface area contributed by atoms with Crippen molar-refractivity contribution < 1.29 is 9.59 Å². The summed E-state index contributed by atoms with van der Waals surface area (Å²) in [5, 5.41) is 2.77. The fourth-order valence-corrected chi connectivity index (χ4v) is 3.08.